The van der Waals surface area contributed by atoms with Crippen molar-refractivity contribution in [2.45, 2.75) is 77.8 Å². The molecule has 0 aliphatic heterocycles. The summed E-state index contributed by atoms with van der Waals surface area (Å²) in [5.74, 6) is 0.659. The Kier molecular flexibility index (Phi) is 12.0. The smallest absolute Gasteiger partial charge is 0.364 e. The van der Waals surface area contributed by atoms with Gasteiger partial charge in [-0.1, -0.05) is 87.9 Å². The second-order valence-corrected chi connectivity index (χ2v) is 9.63. The summed E-state index contributed by atoms with van der Waals surface area (Å²) >= 11 is 0. The molecule has 0 aliphatic carbocycles. The maximum absolute atomic E-state index is 12.6. The first-order valence-electron chi connectivity index (χ1n) is 12.7. The van der Waals surface area contributed by atoms with E-state index in [1.54, 1.807) is 0 Å². The van der Waals surface area contributed by atoms with Crippen molar-refractivity contribution in [3.8, 4) is 5.75 Å². The van der Waals surface area contributed by atoms with Gasteiger partial charge in [-0.3, -0.25) is 0 Å². The molecular weight excluding hydrogens is 410 g/mol. The number of nitrogens with zero attached hydrogens (tertiary/aromatic N) is 1. The Morgan fingerprint density at radius 1 is 0.848 bits per heavy atom. The zero-order valence-corrected chi connectivity index (χ0v) is 21.2. The number of unbranched alkanes of at least 4 members (excludes halogenated alkanes) is 6. The second kappa shape index (κ2) is 14.7. The van der Waals surface area contributed by atoms with Gasteiger partial charge >= 0.3 is 5.97 Å². The molecule has 0 amide bonds. The third kappa shape index (κ3) is 10.4. The topological polar surface area (TPSA) is 35.5 Å². The van der Waals surface area contributed by atoms with E-state index < -0.39 is 0 Å². The number of ether oxygens (including phenoxy) is 2. The van der Waals surface area contributed by atoms with Crippen molar-refractivity contribution in [1.82, 2.24) is 0 Å². The van der Waals surface area contributed by atoms with Gasteiger partial charge in [0.05, 0.1) is 14.1 Å². The number of aryl methyl sites for hydroxylation is 1. The van der Waals surface area contributed by atoms with Crippen molar-refractivity contribution in [1.29, 1.82) is 0 Å². The summed E-state index contributed by atoms with van der Waals surface area (Å²) in [6.45, 7) is 5.59. The molecule has 33 heavy (non-hydrogen) atoms. The molecule has 1 unspecified atom stereocenters. The molecule has 2 aromatic rings. The van der Waals surface area contributed by atoms with Crippen LogP contribution in [0.1, 0.15) is 69.9 Å². The fraction of sp³-hybridized carbons (Fsp3) is 0.552. The number of hydrogen-bond donors (Lipinski definition) is 0. The summed E-state index contributed by atoms with van der Waals surface area (Å²) in [6.07, 6.45) is 10.3. The van der Waals surface area contributed by atoms with Gasteiger partial charge in [0, 0.05) is 5.56 Å². The SMILES string of the molecule is CCCCCCCCCc1cccc(OCCOC(=O)C(C)[N+](C)(C)Cc2ccccc2)c1. The molecule has 0 N–H and O–H groups in total. The van der Waals surface area contributed by atoms with E-state index in [2.05, 4.69) is 45.3 Å². The van der Waals surface area contributed by atoms with Gasteiger partial charge < -0.3 is 14.0 Å². The van der Waals surface area contributed by atoms with Crippen molar-refractivity contribution in [3.63, 3.8) is 0 Å². The van der Waals surface area contributed by atoms with Crippen LogP contribution in [0.2, 0.25) is 0 Å². The molecule has 0 radical (unpaired) electrons. The minimum Gasteiger partial charge on any atom is -0.490 e. The maximum Gasteiger partial charge on any atom is 0.364 e. The van der Waals surface area contributed by atoms with E-state index in [9.17, 15) is 4.79 Å². The van der Waals surface area contributed by atoms with Crippen LogP contribution in [-0.4, -0.2) is 43.8 Å². The van der Waals surface area contributed by atoms with Gasteiger partial charge in [-0.05, 0) is 37.5 Å². The normalized spacial score (nSPS) is 12.4. The number of quaternary nitrogens is 1. The molecule has 2 rings (SSSR count). The molecule has 1 atom stereocenters. The molecule has 0 bridgehead atoms. The number of esters is 1. The molecule has 0 aliphatic rings. The lowest BCUT2D eigenvalue weighted by atomic mass is 10.0. The van der Waals surface area contributed by atoms with Gasteiger partial charge in [0.25, 0.3) is 0 Å². The largest absolute Gasteiger partial charge is 0.490 e. The predicted molar refractivity (Wildman–Crippen MR) is 136 cm³/mol. The van der Waals surface area contributed by atoms with E-state index in [4.69, 9.17) is 9.47 Å². The van der Waals surface area contributed by atoms with E-state index >= 15 is 0 Å². The zero-order chi connectivity index (χ0) is 23.9. The first-order chi connectivity index (χ1) is 15.9. The average molecular weight is 455 g/mol. The van der Waals surface area contributed by atoms with Crippen LogP contribution in [0.3, 0.4) is 0 Å². The van der Waals surface area contributed by atoms with Gasteiger partial charge in [-0.25, -0.2) is 4.79 Å². The molecule has 0 saturated carbocycles. The number of rotatable bonds is 16. The number of hydrogen-bond acceptors (Lipinski definition) is 3. The highest BCUT2D eigenvalue weighted by molar-refractivity contribution is 5.74. The van der Waals surface area contributed by atoms with Crippen LogP contribution >= 0.6 is 0 Å². The number of benzene rings is 2. The minimum absolute atomic E-state index is 0.188. The quantitative estimate of drug-likeness (QED) is 0.163. The summed E-state index contributed by atoms with van der Waals surface area (Å²) < 4.78 is 11.9. The van der Waals surface area contributed by atoms with Crippen LogP contribution in [0.4, 0.5) is 0 Å². The van der Waals surface area contributed by atoms with Crippen molar-refractivity contribution >= 4 is 5.97 Å². The minimum atomic E-state index is -0.254. The highest BCUT2D eigenvalue weighted by atomic mass is 16.6. The molecule has 2 aromatic carbocycles. The standard InChI is InChI=1S/C29H44NO3/c1-5-6-7-8-9-10-12-16-26-19-15-20-28(23-26)32-21-22-33-29(31)25(2)30(3,4)24-27-17-13-11-14-18-27/h11,13-15,17-20,23,25H,5-10,12,16,21-22,24H2,1-4H3/q+1. The van der Waals surface area contributed by atoms with E-state index in [-0.39, 0.29) is 18.6 Å². The third-order valence-electron chi connectivity index (χ3n) is 6.39. The van der Waals surface area contributed by atoms with Crippen molar-refractivity contribution in [2.24, 2.45) is 0 Å². The summed E-state index contributed by atoms with van der Waals surface area (Å²) in [4.78, 5) is 12.6. The number of likely N-dealkylation sites (N-methyl/N-ethyl adjacent to an activating group) is 1. The highest BCUT2D eigenvalue weighted by Crippen LogP contribution is 2.17. The van der Waals surface area contributed by atoms with E-state index in [0.717, 1.165) is 18.7 Å². The van der Waals surface area contributed by atoms with Crippen LogP contribution in [0.25, 0.3) is 0 Å². The molecule has 182 valence electrons. The van der Waals surface area contributed by atoms with E-state index in [0.29, 0.717) is 11.1 Å². The van der Waals surface area contributed by atoms with Crippen LogP contribution in [0, 0.1) is 0 Å². The third-order valence-corrected chi connectivity index (χ3v) is 6.39. The summed E-state index contributed by atoms with van der Waals surface area (Å²) in [7, 11) is 4.12. The first-order valence-corrected chi connectivity index (χ1v) is 12.7. The number of carbonyl (C=O) groups is 1. The summed E-state index contributed by atoms with van der Waals surface area (Å²) in [6, 6.07) is 18.3. The highest BCUT2D eigenvalue weighted by Gasteiger charge is 2.32. The molecule has 0 aromatic heterocycles. The first kappa shape index (κ1) is 26.9. The Hall–Kier alpha value is -2.33. The summed E-state index contributed by atoms with van der Waals surface area (Å²) in [5, 5.41) is 0. The van der Waals surface area contributed by atoms with Crippen molar-refractivity contribution < 1.29 is 18.8 Å². The Morgan fingerprint density at radius 3 is 2.24 bits per heavy atom. The Morgan fingerprint density at radius 2 is 1.52 bits per heavy atom. The molecule has 4 heteroatoms. The lowest BCUT2D eigenvalue weighted by Gasteiger charge is -2.34. The van der Waals surface area contributed by atoms with Gasteiger partial charge in [0.1, 0.15) is 25.5 Å². The monoisotopic (exact) mass is 454 g/mol. The van der Waals surface area contributed by atoms with Crippen LogP contribution in [-0.2, 0) is 22.5 Å². The lowest BCUT2D eigenvalue weighted by molar-refractivity contribution is -0.917. The molecular formula is C29H44NO3+. The van der Waals surface area contributed by atoms with Gasteiger partial charge in [0.15, 0.2) is 6.04 Å². The molecule has 4 nitrogen and oxygen atoms in total. The van der Waals surface area contributed by atoms with Gasteiger partial charge in [-0.2, -0.15) is 0 Å². The van der Waals surface area contributed by atoms with Crippen LogP contribution < -0.4 is 4.74 Å². The van der Waals surface area contributed by atoms with Crippen molar-refractivity contribution in [2.75, 3.05) is 27.3 Å². The predicted octanol–water partition coefficient (Wildman–Crippen LogP) is 6.57. The maximum atomic E-state index is 12.6. The van der Waals surface area contributed by atoms with Gasteiger partial charge in [0.2, 0.25) is 0 Å². The number of carbonyl (C=O) groups excluding carboxylic acids is 1. The zero-order valence-electron chi connectivity index (χ0n) is 21.2. The van der Waals surface area contributed by atoms with Crippen LogP contribution in [0.15, 0.2) is 54.6 Å². The Labute approximate surface area is 201 Å². The fourth-order valence-electron chi connectivity index (χ4n) is 3.98. The van der Waals surface area contributed by atoms with E-state index in [1.165, 1.54) is 56.1 Å². The Bertz CT molecular complexity index is 804. The second-order valence-electron chi connectivity index (χ2n) is 9.63. The van der Waals surface area contributed by atoms with Crippen LogP contribution in [0.5, 0.6) is 5.75 Å². The Balaban J connectivity index is 1.67. The lowest BCUT2D eigenvalue weighted by Crippen LogP contribution is -2.51. The molecule has 0 saturated heterocycles. The van der Waals surface area contributed by atoms with Gasteiger partial charge in [-0.15, -0.1) is 0 Å². The van der Waals surface area contributed by atoms with E-state index in [1.807, 2.05) is 37.3 Å². The molecule has 0 spiro atoms. The fourth-order valence-corrected chi connectivity index (χ4v) is 3.98. The van der Waals surface area contributed by atoms with Crippen molar-refractivity contribution in [3.05, 3.63) is 65.7 Å². The molecule has 0 fully saturated rings. The summed E-state index contributed by atoms with van der Waals surface area (Å²) in [5.41, 5.74) is 2.52. The average Bonchev–Trinajstić information content (AvgIpc) is 2.81. The molecule has 0 heterocycles.